The number of esters is 1. The second kappa shape index (κ2) is 12.0. The summed E-state index contributed by atoms with van der Waals surface area (Å²) in [5.41, 5.74) is 1.10. The van der Waals surface area contributed by atoms with E-state index in [4.69, 9.17) is 4.74 Å². The van der Waals surface area contributed by atoms with Crippen LogP contribution in [0.4, 0.5) is 0 Å². The van der Waals surface area contributed by atoms with Gasteiger partial charge < -0.3 is 15.4 Å². The van der Waals surface area contributed by atoms with Crippen molar-refractivity contribution in [2.75, 3.05) is 26.2 Å². The van der Waals surface area contributed by atoms with Gasteiger partial charge >= 0.3 is 5.97 Å². The normalized spacial score (nSPS) is 11.1. The summed E-state index contributed by atoms with van der Waals surface area (Å²) in [5, 5.41) is 5.00. The Labute approximate surface area is 187 Å². The second-order valence-corrected chi connectivity index (χ2v) is 8.66. The quantitative estimate of drug-likeness (QED) is 0.487. The Morgan fingerprint density at radius 2 is 1.53 bits per heavy atom. The van der Waals surface area contributed by atoms with E-state index in [9.17, 15) is 22.8 Å². The number of benzene rings is 2. The molecule has 2 aromatic carbocycles. The molecule has 0 aliphatic carbocycles. The molecule has 0 aromatic heterocycles. The Bertz CT molecular complexity index is 1020. The van der Waals surface area contributed by atoms with E-state index in [1.807, 2.05) is 30.3 Å². The predicted octanol–water partition coefficient (Wildman–Crippen LogP) is 1.31. The molecular formula is C22H27N3O6S. The summed E-state index contributed by atoms with van der Waals surface area (Å²) < 4.78 is 31.1. The van der Waals surface area contributed by atoms with E-state index >= 15 is 0 Å². The Morgan fingerprint density at radius 1 is 0.906 bits per heavy atom. The van der Waals surface area contributed by atoms with Gasteiger partial charge in [0.2, 0.25) is 10.0 Å². The number of rotatable bonds is 11. The second-order valence-electron chi connectivity index (χ2n) is 6.72. The lowest BCUT2D eigenvalue weighted by molar-refractivity contribution is -0.147. The van der Waals surface area contributed by atoms with Crippen molar-refractivity contribution in [3.8, 4) is 0 Å². The molecule has 0 saturated heterocycles. The van der Waals surface area contributed by atoms with E-state index in [2.05, 4.69) is 10.6 Å². The van der Waals surface area contributed by atoms with Crippen LogP contribution in [0.5, 0.6) is 0 Å². The van der Waals surface area contributed by atoms with E-state index in [1.165, 1.54) is 28.6 Å². The van der Waals surface area contributed by atoms with Crippen LogP contribution in [0.25, 0.3) is 0 Å². The van der Waals surface area contributed by atoms with Crippen LogP contribution < -0.4 is 10.6 Å². The summed E-state index contributed by atoms with van der Waals surface area (Å²) in [4.78, 5) is 35.8. The number of hydrogen-bond donors (Lipinski definition) is 2. The Balaban J connectivity index is 1.78. The molecule has 0 fully saturated rings. The predicted molar refractivity (Wildman–Crippen MR) is 118 cm³/mol. The highest BCUT2D eigenvalue weighted by molar-refractivity contribution is 7.89. The van der Waals surface area contributed by atoms with Crippen molar-refractivity contribution in [1.82, 2.24) is 14.9 Å². The van der Waals surface area contributed by atoms with Crippen molar-refractivity contribution in [3.05, 3.63) is 65.7 Å². The number of carbonyl (C=O) groups is 3. The smallest absolute Gasteiger partial charge is 0.325 e. The van der Waals surface area contributed by atoms with Crippen LogP contribution in [0.2, 0.25) is 0 Å². The summed E-state index contributed by atoms with van der Waals surface area (Å²) in [7, 11) is -3.62. The molecule has 2 aromatic rings. The Morgan fingerprint density at radius 3 is 2.12 bits per heavy atom. The number of carbonyl (C=O) groups excluding carboxylic acids is 3. The van der Waals surface area contributed by atoms with Crippen molar-refractivity contribution in [3.63, 3.8) is 0 Å². The number of amides is 2. The SMILES string of the molecule is CCN(CC)S(=O)(=O)c1ccc(C(=O)NCC(=O)OCC(=O)NCc2ccccc2)cc1. The maximum Gasteiger partial charge on any atom is 0.325 e. The summed E-state index contributed by atoms with van der Waals surface area (Å²) in [5.74, 6) is -1.80. The van der Waals surface area contributed by atoms with Crippen LogP contribution in [0.15, 0.2) is 59.5 Å². The van der Waals surface area contributed by atoms with Crippen molar-refractivity contribution < 1.29 is 27.5 Å². The standard InChI is InChI=1S/C22H27N3O6S/c1-3-25(4-2)32(29,30)19-12-10-18(11-13-19)22(28)24-15-21(27)31-16-20(26)23-14-17-8-6-5-7-9-17/h5-13H,3-4,14-16H2,1-2H3,(H,23,26)(H,24,28). The van der Waals surface area contributed by atoms with Gasteiger partial charge in [0.05, 0.1) is 4.90 Å². The molecule has 0 heterocycles. The summed E-state index contributed by atoms with van der Waals surface area (Å²) >= 11 is 0. The minimum Gasteiger partial charge on any atom is -0.454 e. The Hall–Kier alpha value is -3.24. The molecule has 0 atom stereocenters. The van der Waals surface area contributed by atoms with Gasteiger partial charge in [-0.15, -0.1) is 0 Å². The molecule has 0 spiro atoms. The van der Waals surface area contributed by atoms with Gasteiger partial charge in [-0.2, -0.15) is 4.31 Å². The molecule has 172 valence electrons. The first-order valence-electron chi connectivity index (χ1n) is 10.1. The lowest BCUT2D eigenvalue weighted by Gasteiger charge is -2.18. The zero-order valence-electron chi connectivity index (χ0n) is 18.0. The summed E-state index contributed by atoms with van der Waals surface area (Å²) in [6.07, 6.45) is 0. The number of nitrogens with one attached hydrogen (secondary N) is 2. The number of hydrogen-bond acceptors (Lipinski definition) is 6. The van der Waals surface area contributed by atoms with Crippen LogP contribution in [0.3, 0.4) is 0 Å². The van der Waals surface area contributed by atoms with Gasteiger partial charge in [0.25, 0.3) is 11.8 Å². The highest BCUT2D eigenvalue weighted by Crippen LogP contribution is 2.16. The van der Waals surface area contributed by atoms with Gasteiger partial charge in [0.15, 0.2) is 6.61 Å². The van der Waals surface area contributed by atoms with Crippen molar-refractivity contribution in [2.45, 2.75) is 25.3 Å². The largest absolute Gasteiger partial charge is 0.454 e. The molecule has 0 aliphatic rings. The fourth-order valence-electron chi connectivity index (χ4n) is 2.79. The lowest BCUT2D eigenvalue weighted by atomic mass is 10.2. The third-order valence-corrected chi connectivity index (χ3v) is 6.61. The molecule has 0 radical (unpaired) electrons. The average molecular weight is 462 g/mol. The summed E-state index contributed by atoms with van der Waals surface area (Å²) in [6.45, 7) is 3.60. The molecule has 10 heteroatoms. The molecule has 0 unspecified atom stereocenters. The van der Waals surface area contributed by atoms with Crippen LogP contribution in [-0.2, 0) is 30.9 Å². The van der Waals surface area contributed by atoms with E-state index in [0.29, 0.717) is 19.6 Å². The first-order valence-corrected chi connectivity index (χ1v) is 11.6. The van der Waals surface area contributed by atoms with Crippen LogP contribution in [0.1, 0.15) is 29.8 Å². The molecule has 32 heavy (non-hydrogen) atoms. The van der Waals surface area contributed by atoms with Crippen LogP contribution in [0, 0.1) is 0 Å². The lowest BCUT2D eigenvalue weighted by Crippen LogP contribution is -2.34. The first kappa shape index (κ1) is 25.0. The zero-order valence-corrected chi connectivity index (χ0v) is 18.9. The van der Waals surface area contributed by atoms with Gasteiger partial charge in [0, 0.05) is 25.2 Å². The van der Waals surface area contributed by atoms with Crippen molar-refractivity contribution in [1.29, 1.82) is 0 Å². The Kier molecular flexibility index (Phi) is 9.36. The van der Waals surface area contributed by atoms with Gasteiger partial charge in [-0.1, -0.05) is 44.2 Å². The van der Waals surface area contributed by atoms with E-state index in [1.54, 1.807) is 13.8 Å². The van der Waals surface area contributed by atoms with E-state index in [-0.39, 0.29) is 10.5 Å². The maximum absolute atomic E-state index is 12.5. The molecule has 2 N–H and O–H groups in total. The molecule has 0 saturated carbocycles. The minimum absolute atomic E-state index is 0.0821. The number of nitrogens with zero attached hydrogens (tertiary/aromatic N) is 1. The first-order chi connectivity index (χ1) is 15.3. The third kappa shape index (κ3) is 7.17. The maximum atomic E-state index is 12.5. The monoisotopic (exact) mass is 461 g/mol. The summed E-state index contributed by atoms with van der Waals surface area (Å²) in [6, 6.07) is 14.7. The van der Waals surface area contributed by atoms with Gasteiger partial charge in [-0.25, -0.2) is 8.42 Å². The van der Waals surface area contributed by atoms with Crippen LogP contribution in [-0.4, -0.2) is 56.7 Å². The van der Waals surface area contributed by atoms with Crippen molar-refractivity contribution >= 4 is 27.8 Å². The number of ether oxygens (including phenoxy) is 1. The average Bonchev–Trinajstić information content (AvgIpc) is 2.81. The fourth-order valence-corrected chi connectivity index (χ4v) is 4.25. The topological polar surface area (TPSA) is 122 Å². The van der Waals surface area contributed by atoms with Crippen LogP contribution >= 0.6 is 0 Å². The highest BCUT2D eigenvalue weighted by atomic mass is 32.2. The van der Waals surface area contributed by atoms with Gasteiger partial charge in [-0.3, -0.25) is 14.4 Å². The van der Waals surface area contributed by atoms with E-state index in [0.717, 1.165) is 5.56 Å². The minimum atomic E-state index is -3.62. The third-order valence-electron chi connectivity index (χ3n) is 4.55. The molecule has 0 bridgehead atoms. The molecule has 0 aliphatic heterocycles. The molecular weight excluding hydrogens is 434 g/mol. The fraction of sp³-hybridized carbons (Fsp3) is 0.318. The van der Waals surface area contributed by atoms with Crippen molar-refractivity contribution in [2.24, 2.45) is 0 Å². The van der Waals surface area contributed by atoms with E-state index < -0.39 is 41.0 Å². The molecule has 9 nitrogen and oxygen atoms in total. The van der Waals surface area contributed by atoms with Gasteiger partial charge in [-0.05, 0) is 29.8 Å². The molecule has 2 rings (SSSR count). The molecule has 2 amide bonds. The zero-order chi connectivity index (χ0) is 23.6. The highest BCUT2D eigenvalue weighted by Gasteiger charge is 2.21. The number of sulfonamides is 1. The van der Waals surface area contributed by atoms with Gasteiger partial charge in [0.1, 0.15) is 6.54 Å².